The summed E-state index contributed by atoms with van der Waals surface area (Å²) in [6.07, 6.45) is 4.73. The van der Waals surface area contributed by atoms with Crippen molar-refractivity contribution in [2.75, 3.05) is 7.11 Å². The fraction of sp³-hybridized carbons (Fsp3) is 0.0526. The lowest BCUT2D eigenvalue weighted by molar-refractivity contribution is -0.115. The Morgan fingerprint density at radius 1 is 1.22 bits per heavy atom. The number of aromatic nitrogens is 1. The minimum Gasteiger partial charge on any atom is -0.465 e. The second-order valence-corrected chi connectivity index (χ2v) is 6.66. The van der Waals surface area contributed by atoms with Gasteiger partial charge >= 0.3 is 5.97 Å². The first-order valence-corrected chi connectivity index (χ1v) is 8.68. The Morgan fingerprint density at radius 2 is 2.04 bits per heavy atom. The number of nitrogens with zero attached hydrogens (tertiary/aromatic N) is 1. The first-order chi connectivity index (χ1) is 13.1. The lowest BCUT2D eigenvalue weighted by Crippen LogP contribution is -2.17. The number of thioether (sulfide) groups is 1. The highest BCUT2D eigenvalue weighted by Crippen LogP contribution is 2.34. The number of amides is 2. The van der Waals surface area contributed by atoms with Gasteiger partial charge in [0.05, 0.1) is 17.6 Å². The first-order valence-electron chi connectivity index (χ1n) is 7.87. The molecule has 7 nitrogen and oxygen atoms in total. The third kappa shape index (κ3) is 3.11. The third-order valence-electron chi connectivity index (χ3n) is 3.98. The summed E-state index contributed by atoms with van der Waals surface area (Å²) in [5.74, 6) is -0.518. The van der Waals surface area contributed by atoms with E-state index < -0.39 is 17.1 Å². The number of esters is 1. The quantitative estimate of drug-likeness (QED) is 0.547. The number of rotatable bonds is 3. The Morgan fingerprint density at radius 3 is 2.78 bits per heavy atom. The van der Waals surface area contributed by atoms with Crippen molar-refractivity contribution in [1.82, 2.24) is 10.3 Å². The zero-order valence-corrected chi connectivity index (χ0v) is 14.8. The summed E-state index contributed by atoms with van der Waals surface area (Å²) in [6.45, 7) is 0. The molecule has 2 amide bonds. The van der Waals surface area contributed by atoms with Crippen LogP contribution >= 0.6 is 11.8 Å². The minimum atomic E-state index is -0.464. The lowest BCUT2D eigenvalue weighted by Gasteiger charge is -2.07. The molecule has 0 radical (unpaired) electrons. The molecule has 0 unspecified atom stereocenters. The van der Waals surface area contributed by atoms with Gasteiger partial charge in [-0.15, -0.1) is 0 Å². The average Bonchev–Trinajstić information content (AvgIpc) is 3.22. The molecule has 0 saturated carbocycles. The molecular weight excluding hydrogens is 368 g/mol. The molecule has 2 aromatic heterocycles. The number of hydrogen-bond acceptors (Lipinski definition) is 7. The largest absolute Gasteiger partial charge is 0.465 e. The van der Waals surface area contributed by atoms with Crippen LogP contribution in [0.25, 0.3) is 28.2 Å². The second kappa shape index (κ2) is 6.73. The van der Waals surface area contributed by atoms with E-state index in [9.17, 15) is 14.4 Å². The van der Waals surface area contributed by atoms with E-state index in [4.69, 9.17) is 9.15 Å². The first kappa shape index (κ1) is 17.0. The highest BCUT2D eigenvalue weighted by atomic mass is 32.2. The van der Waals surface area contributed by atoms with Crippen molar-refractivity contribution in [2.24, 2.45) is 0 Å². The Kier molecular flexibility index (Phi) is 4.25. The zero-order chi connectivity index (χ0) is 19.0. The van der Waals surface area contributed by atoms with E-state index in [0.29, 0.717) is 33.4 Å². The van der Waals surface area contributed by atoms with Crippen molar-refractivity contribution in [3.63, 3.8) is 0 Å². The summed E-state index contributed by atoms with van der Waals surface area (Å²) in [5.41, 5.74) is 2.15. The Bertz CT molecular complexity index is 1130. The number of methoxy groups -OCH3 is 1. The average molecular weight is 380 g/mol. The molecule has 1 fully saturated rings. The van der Waals surface area contributed by atoms with Gasteiger partial charge in [-0.2, -0.15) is 0 Å². The van der Waals surface area contributed by atoms with E-state index >= 15 is 0 Å². The SMILES string of the molecule is COC(=O)c1ccccc1-c1cncc2cc(/C=C3\SC(=O)NC3=O)oc12. The summed E-state index contributed by atoms with van der Waals surface area (Å²) in [4.78, 5) is 39.6. The number of furan rings is 1. The van der Waals surface area contributed by atoms with Crippen LogP contribution in [0.3, 0.4) is 0 Å². The molecule has 8 heteroatoms. The number of carbonyl (C=O) groups is 3. The van der Waals surface area contributed by atoms with Gasteiger partial charge in [0, 0.05) is 35.0 Å². The van der Waals surface area contributed by atoms with Crippen LogP contribution in [0.15, 0.2) is 52.0 Å². The number of ether oxygens (including phenoxy) is 1. The molecule has 3 aromatic rings. The van der Waals surface area contributed by atoms with Crippen LogP contribution in [0.2, 0.25) is 0 Å². The maximum absolute atomic E-state index is 12.1. The number of fused-ring (bicyclic) bond motifs is 1. The van der Waals surface area contributed by atoms with Crippen molar-refractivity contribution >= 4 is 45.9 Å². The molecule has 0 atom stereocenters. The van der Waals surface area contributed by atoms with Gasteiger partial charge in [0.2, 0.25) is 0 Å². The van der Waals surface area contributed by atoms with Crippen LogP contribution in [0, 0.1) is 0 Å². The van der Waals surface area contributed by atoms with Gasteiger partial charge in [0.1, 0.15) is 11.3 Å². The molecular formula is C19H12N2O5S. The Balaban J connectivity index is 1.84. The highest BCUT2D eigenvalue weighted by Gasteiger charge is 2.25. The Hall–Kier alpha value is -3.39. The zero-order valence-electron chi connectivity index (χ0n) is 14.0. The fourth-order valence-corrected chi connectivity index (χ4v) is 3.46. The van der Waals surface area contributed by atoms with Crippen molar-refractivity contribution in [3.05, 3.63) is 59.0 Å². The predicted octanol–water partition coefficient (Wildman–Crippen LogP) is 3.61. The minimum absolute atomic E-state index is 0.253. The van der Waals surface area contributed by atoms with Crippen LogP contribution in [-0.4, -0.2) is 29.2 Å². The number of carbonyl (C=O) groups excluding carboxylic acids is 3. The molecule has 0 aliphatic carbocycles. The fourth-order valence-electron chi connectivity index (χ4n) is 2.80. The van der Waals surface area contributed by atoms with Gasteiger partial charge in [0.25, 0.3) is 11.1 Å². The third-order valence-corrected chi connectivity index (χ3v) is 4.79. The van der Waals surface area contributed by atoms with Crippen LogP contribution in [0.5, 0.6) is 0 Å². The number of hydrogen-bond donors (Lipinski definition) is 1. The molecule has 134 valence electrons. The maximum Gasteiger partial charge on any atom is 0.338 e. The molecule has 0 bridgehead atoms. The molecule has 1 aliphatic heterocycles. The van der Waals surface area contributed by atoms with Gasteiger partial charge in [-0.05, 0) is 23.9 Å². The summed E-state index contributed by atoms with van der Waals surface area (Å²) >= 11 is 0.813. The van der Waals surface area contributed by atoms with Crippen molar-refractivity contribution in [1.29, 1.82) is 0 Å². The normalized spacial score (nSPS) is 15.4. The van der Waals surface area contributed by atoms with E-state index in [1.807, 2.05) is 0 Å². The summed E-state index contributed by atoms with van der Waals surface area (Å²) in [6, 6.07) is 8.71. The molecule has 1 saturated heterocycles. The topological polar surface area (TPSA) is 98.5 Å². The number of imide groups is 1. The predicted molar refractivity (Wildman–Crippen MR) is 99.9 cm³/mol. The van der Waals surface area contributed by atoms with E-state index in [1.54, 1.807) is 42.7 Å². The molecule has 27 heavy (non-hydrogen) atoms. The molecule has 1 N–H and O–H groups in total. The van der Waals surface area contributed by atoms with Crippen LogP contribution in [0.1, 0.15) is 16.1 Å². The summed E-state index contributed by atoms with van der Waals surface area (Å²) < 4.78 is 10.7. The number of nitrogens with one attached hydrogen (secondary N) is 1. The van der Waals surface area contributed by atoms with E-state index in [-0.39, 0.29) is 4.91 Å². The van der Waals surface area contributed by atoms with E-state index in [0.717, 1.165) is 11.8 Å². The van der Waals surface area contributed by atoms with Gasteiger partial charge < -0.3 is 9.15 Å². The molecule has 4 rings (SSSR count). The van der Waals surface area contributed by atoms with Gasteiger partial charge in [-0.1, -0.05) is 18.2 Å². The molecule has 1 aliphatic rings. The van der Waals surface area contributed by atoms with Crippen molar-refractivity contribution in [3.8, 4) is 11.1 Å². The monoisotopic (exact) mass is 380 g/mol. The lowest BCUT2D eigenvalue weighted by atomic mass is 10.00. The van der Waals surface area contributed by atoms with Gasteiger partial charge in [-0.3, -0.25) is 19.9 Å². The maximum atomic E-state index is 12.1. The van der Waals surface area contributed by atoms with E-state index in [2.05, 4.69) is 10.3 Å². The second-order valence-electron chi connectivity index (χ2n) is 5.64. The van der Waals surface area contributed by atoms with Crippen LogP contribution in [-0.2, 0) is 9.53 Å². The van der Waals surface area contributed by atoms with E-state index in [1.165, 1.54) is 13.2 Å². The number of pyridine rings is 1. The molecule has 0 spiro atoms. The van der Waals surface area contributed by atoms with Crippen molar-refractivity contribution in [2.45, 2.75) is 0 Å². The smallest absolute Gasteiger partial charge is 0.338 e. The van der Waals surface area contributed by atoms with Crippen molar-refractivity contribution < 1.29 is 23.5 Å². The Labute approximate surface area is 157 Å². The highest BCUT2D eigenvalue weighted by molar-refractivity contribution is 8.18. The molecule has 3 heterocycles. The summed E-state index contributed by atoms with van der Waals surface area (Å²) in [7, 11) is 1.32. The van der Waals surface area contributed by atoms with Crippen LogP contribution < -0.4 is 5.32 Å². The number of benzene rings is 1. The van der Waals surface area contributed by atoms with Gasteiger partial charge in [-0.25, -0.2) is 4.79 Å². The summed E-state index contributed by atoms with van der Waals surface area (Å²) in [5, 5.41) is 2.48. The van der Waals surface area contributed by atoms with Gasteiger partial charge in [0.15, 0.2) is 0 Å². The molecule has 1 aromatic carbocycles. The standard InChI is InChI=1S/C19H12N2O5S/c1-25-18(23)13-5-3-2-4-12(13)14-9-20-8-10-6-11(26-16(10)14)7-15-17(22)21-19(24)27-15/h2-9H,1H3,(H,21,22,24)/b15-7-. The van der Waals surface area contributed by atoms with Crippen LogP contribution in [0.4, 0.5) is 4.79 Å².